The summed E-state index contributed by atoms with van der Waals surface area (Å²) < 4.78 is 1.19. The van der Waals surface area contributed by atoms with E-state index in [-0.39, 0.29) is 5.41 Å². The molecule has 3 rings (SSSR count). The minimum atomic E-state index is 0.216. The van der Waals surface area contributed by atoms with Crippen LogP contribution < -0.4 is 4.90 Å². The van der Waals surface area contributed by atoms with Crippen molar-refractivity contribution in [3.63, 3.8) is 0 Å². The van der Waals surface area contributed by atoms with E-state index in [1.165, 1.54) is 32.4 Å². The fourth-order valence-corrected chi connectivity index (χ4v) is 3.33. The number of nitrogens with zero attached hydrogens (tertiary/aromatic N) is 1. The molecule has 0 unspecified atom stereocenters. The SMILES string of the molecule is Cc1c(Br)cccc1N1Cc2ccc(C(C)(C)C)cc2C1. The predicted octanol–water partition coefficient (Wildman–Crippen LogP) is 5.58. The van der Waals surface area contributed by atoms with Crippen molar-refractivity contribution < 1.29 is 0 Å². The Bertz CT molecular complexity index is 682. The van der Waals surface area contributed by atoms with Gasteiger partial charge in [0, 0.05) is 23.2 Å². The topological polar surface area (TPSA) is 3.24 Å². The molecule has 21 heavy (non-hydrogen) atoms. The van der Waals surface area contributed by atoms with E-state index in [2.05, 4.69) is 84.9 Å². The molecular weight excluding hydrogens is 322 g/mol. The average molecular weight is 344 g/mol. The third kappa shape index (κ3) is 2.74. The second-order valence-electron chi connectivity index (χ2n) is 6.97. The van der Waals surface area contributed by atoms with E-state index >= 15 is 0 Å². The maximum atomic E-state index is 3.64. The van der Waals surface area contributed by atoms with Gasteiger partial charge in [-0.3, -0.25) is 0 Å². The molecule has 1 aliphatic heterocycles. The van der Waals surface area contributed by atoms with Gasteiger partial charge in [-0.2, -0.15) is 0 Å². The van der Waals surface area contributed by atoms with Gasteiger partial charge in [-0.25, -0.2) is 0 Å². The number of halogens is 1. The van der Waals surface area contributed by atoms with Crippen LogP contribution in [0, 0.1) is 6.92 Å². The summed E-state index contributed by atoms with van der Waals surface area (Å²) in [7, 11) is 0. The summed E-state index contributed by atoms with van der Waals surface area (Å²) in [4.78, 5) is 2.47. The van der Waals surface area contributed by atoms with Gasteiger partial charge in [-0.05, 0) is 46.7 Å². The van der Waals surface area contributed by atoms with E-state index in [0.717, 1.165) is 13.1 Å². The van der Waals surface area contributed by atoms with Crippen molar-refractivity contribution in [1.29, 1.82) is 0 Å². The lowest BCUT2D eigenvalue weighted by Crippen LogP contribution is -2.15. The minimum absolute atomic E-state index is 0.216. The number of hydrogen-bond donors (Lipinski definition) is 0. The Morgan fingerprint density at radius 3 is 2.43 bits per heavy atom. The molecule has 2 aromatic carbocycles. The van der Waals surface area contributed by atoms with Gasteiger partial charge in [-0.1, -0.05) is 61.0 Å². The van der Waals surface area contributed by atoms with Crippen molar-refractivity contribution in [2.75, 3.05) is 4.90 Å². The quantitative estimate of drug-likeness (QED) is 0.653. The van der Waals surface area contributed by atoms with Gasteiger partial charge in [0.2, 0.25) is 0 Å². The predicted molar refractivity (Wildman–Crippen MR) is 93.9 cm³/mol. The molecular formula is C19H22BrN. The molecule has 2 heteroatoms. The summed E-state index contributed by atoms with van der Waals surface area (Å²) in [5.74, 6) is 0. The zero-order chi connectivity index (χ0) is 15.2. The van der Waals surface area contributed by atoms with Gasteiger partial charge >= 0.3 is 0 Å². The number of rotatable bonds is 1. The number of anilines is 1. The number of benzene rings is 2. The second-order valence-corrected chi connectivity index (χ2v) is 7.83. The molecule has 1 heterocycles. The summed E-state index contributed by atoms with van der Waals surface area (Å²) in [5.41, 5.74) is 7.23. The zero-order valence-corrected chi connectivity index (χ0v) is 14.8. The molecule has 1 aliphatic rings. The summed E-state index contributed by atoms with van der Waals surface area (Å²) in [6.45, 7) is 11.0. The van der Waals surface area contributed by atoms with E-state index in [4.69, 9.17) is 0 Å². The first-order valence-electron chi connectivity index (χ1n) is 7.48. The van der Waals surface area contributed by atoms with Crippen molar-refractivity contribution in [1.82, 2.24) is 0 Å². The summed E-state index contributed by atoms with van der Waals surface area (Å²) in [6, 6.07) is 13.4. The van der Waals surface area contributed by atoms with Crippen molar-refractivity contribution in [2.45, 2.75) is 46.2 Å². The molecule has 0 amide bonds. The lowest BCUT2D eigenvalue weighted by molar-refractivity contribution is 0.589. The molecule has 0 radical (unpaired) electrons. The number of hydrogen-bond acceptors (Lipinski definition) is 1. The van der Waals surface area contributed by atoms with E-state index in [9.17, 15) is 0 Å². The van der Waals surface area contributed by atoms with Crippen LogP contribution in [-0.2, 0) is 18.5 Å². The van der Waals surface area contributed by atoms with Gasteiger partial charge < -0.3 is 4.90 Å². The van der Waals surface area contributed by atoms with Gasteiger partial charge in [-0.15, -0.1) is 0 Å². The lowest BCUT2D eigenvalue weighted by Gasteiger charge is -2.21. The first kappa shape index (κ1) is 14.6. The third-order valence-corrected chi connectivity index (χ3v) is 5.23. The molecule has 0 aromatic heterocycles. The molecule has 0 fully saturated rings. The molecule has 110 valence electrons. The van der Waals surface area contributed by atoms with Crippen LogP contribution in [0.4, 0.5) is 5.69 Å². The molecule has 0 atom stereocenters. The van der Waals surface area contributed by atoms with Crippen molar-refractivity contribution >= 4 is 21.6 Å². The van der Waals surface area contributed by atoms with Crippen LogP contribution in [-0.4, -0.2) is 0 Å². The standard InChI is InChI=1S/C19H22BrN/c1-13-17(20)6-5-7-18(13)21-11-14-8-9-16(19(2,3)4)10-15(14)12-21/h5-10H,11-12H2,1-4H3. The van der Waals surface area contributed by atoms with Crippen molar-refractivity contribution in [2.24, 2.45) is 0 Å². The molecule has 0 aliphatic carbocycles. The van der Waals surface area contributed by atoms with Gasteiger partial charge in [0.25, 0.3) is 0 Å². The van der Waals surface area contributed by atoms with Gasteiger partial charge in [0.15, 0.2) is 0 Å². The Hall–Kier alpha value is -1.28. The highest BCUT2D eigenvalue weighted by Crippen LogP contribution is 2.35. The van der Waals surface area contributed by atoms with E-state index in [0.29, 0.717) is 0 Å². The zero-order valence-electron chi connectivity index (χ0n) is 13.2. The highest BCUT2D eigenvalue weighted by atomic mass is 79.9. The van der Waals surface area contributed by atoms with Crippen LogP contribution in [0.2, 0.25) is 0 Å². The normalized spacial score (nSPS) is 14.4. The monoisotopic (exact) mass is 343 g/mol. The first-order chi connectivity index (χ1) is 9.86. The molecule has 0 N–H and O–H groups in total. The molecule has 1 nitrogen and oxygen atoms in total. The lowest BCUT2D eigenvalue weighted by atomic mass is 9.85. The van der Waals surface area contributed by atoms with Gasteiger partial charge in [0.1, 0.15) is 0 Å². The average Bonchev–Trinajstić information content (AvgIpc) is 2.83. The Balaban J connectivity index is 1.93. The third-order valence-electron chi connectivity index (χ3n) is 4.37. The van der Waals surface area contributed by atoms with Crippen LogP contribution in [0.3, 0.4) is 0 Å². The molecule has 0 spiro atoms. The maximum Gasteiger partial charge on any atom is 0.0436 e. The van der Waals surface area contributed by atoms with Crippen LogP contribution >= 0.6 is 15.9 Å². The second kappa shape index (κ2) is 5.17. The fourth-order valence-electron chi connectivity index (χ4n) is 2.97. The van der Waals surface area contributed by atoms with Crippen LogP contribution in [0.25, 0.3) is 0 Å². The summed E-state index contributed by atoms with van der Waals surface area (Å²) in [5, 5.41) is 0. The Kier molecular flexibility index (Phi) is 3.61. The summed E-state index contributed by atoms with van der Waals surface area (Å²) in [6.07, 6.45) is 0. The molecule has 2 aromatic rings. The van der Waals surface area contributed by atoms with Crippen molar-refractivity contribution in [3.05, 3.63) is 63.1 Å². The Labute approximate surface area is 136 Å². The molecule has 0 saturated carbocycles. The smallest absolute Gasteiger partial charge is 0.0436 e. The van der Waals surface area contributed by atoms with E-state index in [1.54, 1.807) is 0 Å². The van der Waals surface area contributed by atoms with Crippen LogP contribution in [0.15, 0.2) is 40.9 Å². The fraction of sp³-hybridized carbons (Fsp3) is 0.368. The Morgan fingerprint density at radius 1 is 1.00 bits per heavy atom. The highest BCUT2D eigenvalue weighted by Gasteiger charge is 2.23. The van der Waals surface area contributed by atoms with E-state index in [1.807, 2.05) is 0 Å². The van der Waals surface area contributed by atoms with Crippen LogP contribution in [0.5, 0.6) is 0 Å². The van der Waals surface area contributed by atoms with E-state index < -0.39 is 0 Å². The number of fused-ring (bicyclic) bond motifs is 1. The minimum Gasteiger partial charge on any atom is -0.363 e. The Morgan fingerprint density at radius 2 is 1.71 bits per heavy atom. The largest absolute Gasteiger partial charge is 0.363 e. The molecule has 0 saturated heterocycles. The maximum absolute atomic E-state index is 3.64. The molecule has 0 bridgehead atoms. The highest BCUT2D eigenvalue weighted by molar-refractivity contribution is 9.10. The first-order valence-corrected chi connectivity index (χ1v) is 8.28. The van der Waals surface area contributed by atoms with Crippen LogP contribution in [0.1, 0.15) is 43.0 Å². The van der Waals surface area contributed by atoms with Gasteiger partial charge in [0.05, 0.1) is 0 Å². The summed E-state index contributed by atoms with van der Waals surface area (Å²) >= 11 is 3.64. The van der Waals surface area contributed by atoms with Crippen molar-refractivity contribution in [3.8, 4) is 0 Å².